The summed E-state index contributed by atoms with van der Waals surface area (Å²) in [7, 11) is 0. The zero-order valence-electron chi connectivity index (χ0n) is 42.9. The predicted molar refractivity (Wildman–Crippen MR) is 282 cm³/mol. The highest BCUT2D eigenvalue weighted by atomic mass is 19.1. The minimum Gasteiger partial charge on any atom is -0.508 e. The van der Waals surface area contributed by atoms with Crippen LogP contribution in [-0.2, 0) is 16.1 Å². The van der Waals surface area contributed by atoms with Gasteiger partial charge in [0.15, 0.2) is 11.6 Å². The molecule has 7 aliphatic heterocycles. The second kappa shape index (κ2) is 20.7. The number of aromatic hydroxyl groups is 1. The number of hydrogen-bond acceptors (Lipinski definition) is 14. The molecule has 0 spiro atoms. The molecule has 3 N–H and O–H groups in total. The molecule has 5 aromatic rings. The van der Waals surface area contributed by atoms with Gasteiger partial charge >= 0.3 is 6.01 Å². The first-order valence-corrected chi connectivity index (χ1v) is 27.2. The lowest BCUT2D eigenvalue weighted by atomic mass is 9.94. The van der Waals surface area contributed by atoms with Crippen LogP contribution in [0.1, 0.15) is 78.4 Å². The number of ether oxygens (including phenoxy) is 1. The zero-order valence-corrected chi connectivity index (χ0v) is 42.9. The van der Waals surface area contributed by atoms with Crippen LogP contribution in [0.15, 0.2) is 36.5 Å². The fraction of sp³-hybridized carbons (Fsp3) is 0.509. The molecule has 12 rings (SSSR count). The molecule has 6 fully saturated rings. The van der Waals surface area contributed by atoms with E-state index in [2.05, 4.69) is 51.0 Å². The van der Waals surface area contributed by atoms with Crippen LogP contribution in [0.3, 0.4) is 0 Å². The molecule has 2 bridgehead atoms. The van der Waals surface area contributed by atoms with Gasteiger partial charge in [0, 0.05) is 113 Å². The molecule has 3 amide bonds. The van der Waals surface area contributed by atoms with E-state index in [0.29, 0.717) is 89.1 Å². The van der Waals surface area contributed by atoms with Crippen molar-refractivity contribution in [2.24, 2.45) is 11.8 Å². The number of carbonyl (C=O) groups excluding carboxylic acids is 3. The lowest BCUT2D eigenvalue weighted by molar-refractivity contribution is -0.136. The SMILES string of the molecule is C#Cc1c(F)ccc2cc(O)cc(-c3ncc4c(N5CC6CCC(C5)N6)nc(OCCN5CCC(CN6CCN(CC7CCN(c8cc(C)c9c(c8F)CN(C8CCC(=O)NC8=O)C9=O)CC7)CC6)CC5)nc4c3F)c12. The van der Waals surface area contributed by atoms with Crippen molar-refractivity contribution in [3.8, 4) is 35.4 Å². The Morgan fingerprint density at radius 2 is 1.51 bits per heavy atom. The molecule has 3 unspecified atom stereocenters. The Balaban J connectivity index is 0.622. The minimum absolute atomic E-state index is 0.0262. The van der Waals surface area contributed by atoms with Crippen molar-refractivity contribution in [3.63, 3.8) is 0 Å². The van der Waals surface area contributed by atoms with Crippen molar-refractivity contribution in [3.05, 3.63) is 76.2 Å². The van der Waals surface area contributed by atoms with Gasteiger partial charge in [-0.3, -0.25) is 29.6 Å². The standard InChI is InChI=1S/C57H64F3N11O5/c1-3-40-44(58)7-4-36-25-39(72)26-41(49(36)40)52-51(60)53-42(27-61-52)54(70-30-37-5-6-38(31-70)62-37)65-57(64-53)76-23-22-66-14-10-34(11-15-66)28-67-18-20-68(21-19-67)29-35-12-16-69(17-13-35)46-24-33(2)48-43(50(46)59)32-71(56(48)75)45-8-9-47(73)63-55(45)74/h1,4,7,24-27,34-35,37-38,45,62,72H,5-6,8-23,28-32H2,2H3,(H,63,73,74). The molecule has 3 atom stereocenters. The molecular formula is C57H64F3N11O5. The van der Waals surface area contributed by atoms with Gasteiger partial charge in [-0.15, -0.1) is 6.42 Å². The summed E-state index contributed by atoms with van der Waals surface area (Å²) in [5.74, 6) is 1.01. The molecular weight excluding hydrogens is 976 g/mol. The van der Waals surface area contributed by atoms with E-state index in [-0.39, 0.29) is 76.5 Å². The molecule has 6 saturated heterocycles. The molecule has 9 heterocycles. The van der Waals surface area contributed by atoms with Gasteiger partial charge in [-0.1, -0.05) is 12.0 Å². The number of halogens is 3. The van der Waals surface area contributed by atoms with Gasteiger partial charge in [0.05, 0.1) is 28.7 Å². The summed E-state index contributed by atoms with van der Waals surface area (Å²) >= 11 is 0. The average Bonchev–Trinajstić information content (AvgIpc) is 4.01. The molecule has 7 aliphatic rings. The molecule has 0 radical (unpaired) electrons. The van der Waals surface area contributed by atoms with Crippen LogP contribution in [0.5, 0.6) is 11.8 Å². The van der Waals surface area contributed by atoms with Crippen LogP contribution in [0, 0.1) is 48.6 Å². The third kappa shape index (κ3) is 9.66. The smallest absolute Gasteiger partial charge is 0.319 e. The largest absolute Gasteiger partial charge is 0.508 e. The summed E-state index contributed by atoms with van der Waals surface area (Å²) in [6.07, 6.45) is 13.9. The summed E-state index contributed by atoms with van der Waals surface area (Å²) < 4.78 is 54.6. The Morgan fingerprint density at radius 3 is 2.20 bits per heavy atom. The first-order chi connectivity index (χ1) is 36.8. The first kappa shape index (κ1) is 50.2. The maximum absolute atomic E-state index is 17.0. The number of piperazine rings is 2. The highest BCUT2D eigenvalue weighted by Crippen LogP contribution is 2.41. The Hall–Kier alpha value is -6.59. The van der Waals surface area contributed by atoms with Crippen molar-refractivity contribution >= 4 is 50.9 Å². The van der Waals surface area contributed by atoms with E-state index in [9.17, 15) is 19.5 Å². The number of hydrogen-bond donors (Lipinski definition) is 3. The lowest BCUT2D eigenvalue weighted by Crippen LogP contribution is -2.52. The van der Waals surface area contributed by atoms with E-state index < -0.39 is 23.6 Å². The van der Waals surface area contributed by atoms with Crippen molar-refractivity contribution in [1.82, 2.24) is 45.2 Å². The number of aromatic nitrogens is 3. The monoisotopic (exact) mass is 1040 g/mol. The Bertz CT molecular complexity index is 3150. The number of phenolic OH excluding ortho intramolecular Hbond substituents is 1. The van der Waals surface area contributed by atoms with E-state index in [4.69, 9.17) is 16.1 Å². The maximum atomic E-state index is 17.0. The number of fused-ring (bicyclic) bond motifs is 5. The van der Waals surface area contributed by atoms with E-state index in [0.717, 1.165) is 104 Å². The number of phenols is 1. The number of benzene rings is 3. The number of piperidine rings is 3. The first-order valence-electron chi connectivity index (χ1n) is 27.2. The average molecular weight is 1040 g/mol. The second-order valence-corrected chi connectivity index (χ2v) is 22.2. The van der Waals surface area contributed by atoms with Crippen LogP contribution in [0.25, 0.3) is 32.9 Å². The number of amides is 3. The number of nitrogens with one attached hydrogen (secondary N) is 2. The molecule has 76 heavy (non-hydrogen) atoms. The van der Waals surface area contributed by atoms with Crippen molar-refractivity contribution < 1.29 is 37.4 Å². The normalized spacial score (nSPS) is 23.2. The third-order valence-electron chi connectivity index (χ3n) is 17.3. The quantitative estimate of drug-likeness (QED) is 0.105. The van der Waals surface area contributed by atoms with Crippen molar-refractivity contribution in [2.75, 3.05) is 101 Å². The summed E-state index contributed by atoms with van der Waals surface area (Å²) in [5.41, 5.74) is 1.95. The lowest BCUT2D eigenvalue weighted by Gasteiger charge is -2.41. The number of nitrogens with zero attached hydrogens (tertiary/aromatic N) is 9. The van der Waals surface area contributed by atoms with Crippen molar-refractivity contribution in [1.29, 1.82) is 0 Å². The van der Waals surface area contributed by atoms with E-state index in [1.54, 1.807) is 12.3 Å². The number of carbonyl (C=O) groups is 3. The van der Waals surface area contributed by atoms with E-state index in [1.165, 1.54) is 29.2 Å². The van der Waals surface area contributed by atoms with Gasteiger partial charge in [-0.25, -0.2) is 13.2 Å². The summed E-state index contributed by atoms with van der Waals surface area (Å²) in [5, 5.41) is 17.8. The van der Waals surface area contributed by atoms with Gasteiger partial charge in [-0.2, -0.15) is 9.97 Å². The summed E-state index contributed by atoms with van der Waals surface area (Å²) in [6.45, 7) is 13.9. The fourth-order valence-electron chi connectivity index (χ4n) is 13.3. The highest BCUT2D eigenvalue weighted by molar-refractivity contribution is 6.06. The Morgan fingerprint density at radius 1 is 0.816 bits per heavy atom. The van der Waals surface area contributed by atoms with Crippen LogP contribution >= 0.6 is 0 Å². The van der Waals surface area contributed by atoms with Crippen LogP contribution in [-0.4, -0.2) is 167 Å². The van der Waals surface area contributed by atoms with Gasteiger partial charge in [-0.05, 0) is 112 Å². The number of terminal acetylenes is 1. The topological polar surface area (TPSA) is 163 Å². The van der Waals surface area contributed by atoms with E-state index in [1.807, 2.05) is 6.92 Å². The number of pyridine rings is 1. The Kier molecular flexibility index (Phi) is 13.7. The van der Waals surface area contributed by atoms with Crippen LogP contribution in [0.4, 0.5) is 24.7 Å². The van der Waals surface area contributed by atoms with Crippen molar-refractivity contribution in [2.45, 2.75) is 83.0 Å². The van der Waals surface area contributed by atoms with Crippen LogP contribution in [0.2, 0.25) is 0 Å². The number of anilines is 2. The molecule has 3 aromatic carbocycles. The predicted octanol–water partition coefficient (Wildman–Crippen LogP) is 5.58. The summed E-state index contributed by atoms with van der Waals surface area (Å²) in [6, 6.07) is 7.21. The number of imide groups is 1. The van der Waals surface area contributed by atoms with Gasteiger partial charge in [0.25, 0.3) is 5.91 Å². The number of aryl methyl sites for hydroxylation is 1. The van der Waals surface area contributed by atoms with Gasteiger partial charge in [0.1, 0.15) is 41.2 Å². The molecule has 2 aromatic heterocycles. The molecule has 0 aliphatic carbocycles. The Labute approximate surface area is 439 Å². The molecule has 19 heteroatoms. The second-order valence-electron chi connectivity index (χ2n) is 22.2. The summed E-state index contributed by atoms with van der Waals surface area (Å²) in [4.78, 5) is 65.1. The number of likely N-dealkylation sites (tertiary alicyclic amines) is 1. The molecule has 398 valence electrons. The zero-order chi connectivity index (χ0) is 52.4. The maximum Gasteiger partial charge on any atom is 0.319 e. The van der Waals surface area contributed by atoms with Gasteiger partial charge < -0.3 is 39.7 Å². The number of rotatable bonds is 12. The molecule has 16 nitrogen and oxygen atoms in total. The fourth-order valence-corrected chi connectivity index (χ4v) is 13.3. The molecule has 0 saturated carbocycles. The minimum atomic E-state index is -0.779. The van der Waals surface area contributed by atoms with Crippen LogP contribution < -0.4 is 25.2 Å². The highest BCUT2D eigenvalue weighted by Gasteiger charge is 2.42. The third-order valence-corrected chi connectivity index (χ3v) is 17.3. The van der Waals surface area contributed by atoms with Gasteiger partial charge in [0.2, 0.25) is 11.8 Å². The van der Waals surface area contributed by atoms with E-state index >= 15 is 13.2 Å².